The lowest BCUT2D eigenvalue weighted by Crippen LogP contribution is -2.31. The van der Waals surface area contributed by atoms with E-state index in [4.69, 9.17) is 10.5 Å². The van der Waals surface area contributed by atoms with Gasteiger partial charge in [-0.25, -0.2) is 9.18 Å². The van der Waals surface area contributed by atoms with Crippen LogP contribution in [-0.4, -0.2) is 18.7 Å². The molecule has 2 atom stereocenters. The molecule has 3 aromatic carbocycles. The van der Waals surface area contributed by atoms with Crippen LogP contribution in [0.5, 0.6) is 0 Å². The van der Waals surface area contributed by atoms with E-state index in [2.05, 4.69) is 0 Å². The van der Waals surface area contributed by atoms with Gasteiger partial charge in [-0.1, -0.05) is 48.5 Å². The predicted octanol–water partition coefficient (Wildman–Crippen LogP) is 3.89. The van der Waals surface area contributed by atoms with Crippen LogP contribution in [0, 0.1) is 0 Å². The molecule has 4 heteroatoms. The number of benzene rings is 3. The molecule has 118 valence electrons. The Bertz CT molecular complexity index is 862. The van der Waals surface area contributed by atoms with Crippen molar-refractivity contribution < 1.29 is 13.9 Å². The van der Waals surface area contributed by atoms with E-state index in [0.717, 1.165) is 21.5 Å². The lowest BCUT2D eigenvalue weighted by molar-refractivity contribution is -0.149. The van der Waals surface area contributed by atoms with Gasteiger partial charge in [0.1, 0.15) is 0 Å². The molecule has 0 aromatic heterocycles. The molecule has 0 aliphatic carbocycles. The van der Waals surface area contributed by atoms with Gasteiger partial charge in [-0.3, -0.25) is 0 Å². The van der Waals surface area contributed by atoms with Gasteiger partial charge < -0.3 is 10.5 Å². The minimum Gasteiger partial charge on any atom is -0.464 e. The Morgan fingerprint density at radius 3 is 2.39 bits per heavy atom. The topological polar surface area (TPSA) is 52.3 Å². The van der Waals surface area contributed by atoms with Crippen LogP contribution in [-0.2, 0) is 9.53 Å². The molecule has 0 amide bonds. The number of nitrogens with two attached hydrogens (primary N) is 1. The van der Waals surface area contributed by atoms with E-state index in [9.17, 15) is 9.18 Å². The van der Waals surface area contributed by atoms with E-state index in [1.807, 2.05) is 54.6 Å². The fraction of sp³-hybridized carbons (Fsp3) is 0.211. The van der Waals surface area contributed by atoms with E-state index in [-0.39, 0.29) is 6.61 Å². The molecule has 0 aliphatic heterocycles. The molecular weight excluding hydrogens is 293 g/mol. The van der Waals surface area contributed by atoms with E-state index in [1.54, 1.807) is 6.92 Å². The van der Waals surface area contributed by atoms with Crippen LogP contribution in [0.4, 0.5) is 4.39 Å². The van der Waals surface area contributed by atoms with Crippen LogP contribution in [0.15, 0.2) is 54.6 Å². The van der Waals surface area contributed by atoms with Crippen molar-refractivity contribution in [3.05, 3.63) is 60.2 Å². The van der Waals surface area contributed by atoms with Gasteiger partial charge in [-0.05, 0) is 40.1 Å². The van der Waals surface area contributed by atoms with Gasteiger partial charge in [0.05, 0.1) is 12.6 Å². The molecule has 1 unspecified atom stereocenters. The number of esters is 1. The Morgan fingerprint density at radius 1 is 1.09 bits per heavy atom. The maximum absolute atomic E-state index is 14.4. The highest BCUT2D eigenvalue weighted by Crippen LogP contribution is 2.33. The monoisotopic (exact) mass is 311 g/mol. The Labute approximate surface area is 133 Å². The van der Waals surface area contributed by atoms with Crippen LogP contribution in [0.1, 0.15) is 18.5 Å². The summed E-state index contributed by atoms with van der Waals surface area (Å²) in [5.74, 6) is -0.919. The largest absolute Gasteiger partial charge is 0.464 e. The van der Waals surface area contributed by atoms with Gasteiger partial charge in [0.25, 0.3) is 0 Å². The van der Waals surface area contributed by atoms with Crippen LogP contribution in [0.2, 0.25) is 0 Å². The normalized spacial score (nSPS) is 13.9. The van der Waals surface area contributed by atoms with E-state index >= 15 is 0 Å². The molecule has 2 N–H and O–H groups in total. The summed E-state index contributed by atoms with van der Waals surface area (Å²) in [4.78, 5) is 11.7. The fourth-order valence-electron chi connectivity index (χ4n) is 2.89. The van der Waals surface area contributed by atoms with E-state index in [0.29, 0.717) is 5.56 Å². The van der Waals surface area contributed by atoms with Gasteiger partial charge in [0.15, 0.2) is 0 Å². The molecule has 3 nitrogen and oxygen atoms in total. The third kappa shape index (κ3) is 2.78. The molecule has 0 fully saturated rings. The number of hydrogen-bond donors (Lipinski definition) is 1. The number of carbonyl (C=O) groups is 1. The quantitative estimate of drug-likeness (QED) is 0.587. The van der Waals surface area contributed by atoms with Crippen LogP contribution < -0.4 is 5.73 Å². The van der Waals surface area contributed by atoms with Crippen molar-refractivity contribution in [1.29, 1.82) is 0 Å². The van der Waals surface area contributed by atoms with Crippen molar-refractivity contribution in [3.63, 3.8) is 0 Å². The average molecular weight is 311 g/mol. The molecule has 0 saturated heterocycles. The van der Waals surface area contributed by atoms with Crippen molar-refractivity contribution in [2.24, 2.45) is 5.73 Å². The molecule has 0 heterocycles. The maximum atomic E-state index is 14.4. The Kier molecular flexibility index (Phi) is 4.26. The summed E-state index contributed by atoms with van der Waals surface area (Å²) in [6.45, 7) is 1.77. The Morgan fingerprint density at radius 2 is 1.70 bits per heavy atom. The molecule has 0 saturated carbocycles. The summed E-state index contributed by atoms with van der Waals surface area (Å²) in [6, 6.07) is 16.3. The first-order chi connectivity index (χ1) is 11.1. The highest BCUT2D eigenvalue weighted by atomic mass is 19.1. The Balaban J connectivity index is 2.17. The second-order valence-electron chi connectivity index (χ2n) is 5.41. The fourth-order valence-corrected chi connectivity index (χ4v) is 2.89. The first-order valence-electron chi connectivity index (χ1n) is 7.60. The lowest BCUT2D eigenvalue weighted by atomic mass is 9.92. The average Bonchev–Trinajstić information content (AvgIpc) is 2.60. The van der Waals surface area contributed by atoms with Crippen molar-refractivity contribution in [3.8, 4) is 0 Å². The van der Waals surface area contributed by atoms with Gasteiger partial charge >= 0.3 is 5.97 Å². The van der Waals surface area contributed by atoms with Crippen LogP contribution in [0.25, 0.3) is 21.5 Å². The number of halogens is 1. The summed E-state index contributed by atoms with van der Waals surface area (Å²) in [5.41, 5.74) is 6.66. The number of ether oxygens (including phenoxy) is 1. The van der Waals surface area contributed by atoms with Gasteiger partial charge in [-0.2, -0.15) is 0 Å². The van der Waals surface area contributed by atoms with Crippen molar-refractivity contribution >= 4 is 27.5 Å². The van der Waals surface area contributed by atoms with Gasteiger partial charge in [-0.15, -0.1) is 0 Å². The van der Waals surface area contributed by atoms with Crippen molar-refractivity contribution in [2.75, 3.05) is 6.61 Å². The number of carbonyl (C=O) groups excluding carboxylic acids is 1. The maximum Gasteiger partial charge on any atom is 0.342 e. The summed E-state index contributed by atoms with van der Waals surface area (Å²) in [7, 11) is 0. The second kappa shape index (κ2) is 6.34. The van der Waals surface area contributed by atoms with Crippen molar-refractivity contribution in [2.45, 2.75) is 19.1 Å². The van der Waals surface area contributed by atoms with E-state index < -0.39 is 18.2 Å². The Hall–Kier alpha value is -2.46. The summed E-state index contributed by atoms with van der Waals surface area (Å²) in [6.07, 6.45) is -1.89. The SMILES string of the molecule is CCOC(=O)C(F)[C@@H](N)c1cc2ccccc2c2ccccc12. The first-order valence-corrected chi connectivity index (χ1v) is 7.60. The number of alkyl halides is 1. The second-order valence-corrected chi connectivity index (χ2v) is 5.41. The zero-order chi connectivity index (χ0) is 16.4. The molecule has 0 radical (unpaired) electrons. The molecule has 0 aliphatic rings. The minimum atomic E-state index is -1.89. The third-order valence-electron chi connectivity index (χ3n) is 3.99. The molecule has 23 heavy (non-hydrogen) atoms. The molecule has 0 spiro atoms. The number of fused-ring (bicyclic) bond motifs is 3. The molecule has 3 aromatic rings. The summed E-state index contributed by atoms with van der Waals surface area (Å²) < 4.78 is 19.1. The van der Waals surface area contributed by atoms with Gasteiger partial charge in [0, 0.05) is 0 Å². The first kappa shape index (κ1) is 15.4. The standard InChI is InChI=1S/C19H18FNO2/c1-2-23-19(22)17(20)18(21)16-11-12-7-3-4-8-13(12)14-9-5-6-10-15(14)16/h3-11,17-18H,2,21H2,1H3/t17?,18-/m0/s1. The number of rotatable bonds is 4. The van der Waals surface area contributed by atoms with Crippen LogP contribution in [0.3, 0.4) is 0 Å². The smallest absolute Gasteiger partial charge is 0.342 e. The zero-order valence-corrected chi connectivity index (χ0v) is 12.8. The summed E-state index contributed by atoms with van der Waals surface area (Å²) in [5, 5.41) is 3.89. The zero-order valence-electron chi connectivity index (χ0n) is 12.8. The third-order valence-corrected chi connectivity index (χ3v) is 3.99. The van der Waals surface area contributed by atoms with E-state index in [1.165, 1.54) is 0 Å². The minimum absolute atomic E-state index is 0.129. The molecular formula is C19H18FNO2. The molecule has 0 bridgehead atoms. The van der Waals surface area contributed by atoms with Gasteiger partial charge in [0.2, 0.25) is 6.17 Å². The highest BCUT2D eigenvalue weighted by Gasteiger charge is 2.29. The lowest BCUT2D eigenvalue weighted by Gasteiger charge is -2.19. The highest BCUT2D eigenvalue weighted by molar-refractivity contribution is 6.09. The van der Waals surface area contributed by atoms with Crippen molar-refractivity contribution in [1.82, 2.24) is 0 Å². The summed E-state index contributed by atoms with van der Waals surface area (Å²) >= 11 is 0. The van der Waals surface area contributed by atoms with Crippen LogP contribution >= 0.6 is 0 Å². The molecule has 3 rings (SSSR count). The predicted molar refractivity (Wildman–Crippen MR) is 89.9 cm³/mol. The number of hydrogen-bond acceptors (Lipinski definition) is 3.